The number of phenols is 1. The van der Waals surface area contributed by atoms with Crippen LogP contribution in [-0.2, 0) is 10.0 Å². The van der Waals surface area contributed by atoms with Crippen LogP contribution in [0.4, 0.5) is 0 Å². The molecule has 1 heterocycles. The molecule has 0 bridgehead atoms. The fourth-order valence-corrected chi connectivity index (χ4v) is 3.74. The molecule has 0 amide bonds. The zero-order valence-corrected chi connectivity index (χ0v) is 14.7. The van der Waals surface area contributed by atoms with Crippen LogP contribution in [0.5, 0.6) is 11.5 Å². The summed E-state index contributed by atoms with van der Waals surface area (Å²) in [5.41, 5.74) is 1.51. The van der Waals surface area contributed by atoms with Crippen LogP contribution in [-0.4, -0.2) is 29.1 Å². The summed E-state index contributed by atoms with van der Waals surface area (Å²) in [5, 5.41) is 9.83. The molecule has 2 aromatic carbocycles. The fraction of sp³-hybridized carbons (Fsp3) is 0.167. The summed E-state index contributed by atoms with van der Waals surface area (Å²) in [6.07, 6.45) is 2.83. The molecule has 0 aliphatic rings. The van der Waals surface area contributed by atoms with Crippen molar-refractivity contribution >= 4 is 10.0 Å². The lowest BCUT2D eigenvalue weighted by Gasteiger charge is -2.11. The van der Waals surface area contributed by atoms with E-state index in [2.05, 4.69) is 4.98 Å². The largest absolute Gasteiger partial charge is 0.504 e. The molecule has 3 rings (SSSR count). The lowest BCUT2D eigenvalue weighted by molar-refractivity contribution is 0.318. The Labute approximate surface area is 146 Å². The molecule has 6 nitrogen and oxygen atoms in total. The van der Waals surface area contributed by atoms with Crippen LogP contribution in [0.15, 0.2) is 59.8 Å². The van der Waals surface area contributed by atoms with Gasteiger partial charge in [0.1, 0.15) is 0 Å². The van der Waals surface area contributed by atoms with Crippen molar-refractivity contribution in [3.8, 4) is 22.9 Å². The van der Waals surface area contributed by atoms with E-state index >= 15 is 0 Å². The van der Waals surface area contributed by atoms with E-state index in [-0.39, 0.29) is 22.2 Å². The van der Waals surface area contributed by atoms with Crippen LogP contribution in [0.25, 0.3) is 11.4 Å². The van der Waals surface area contributed by atoms with E-state index in [0.29, 0.717) is 12.2 Å². The Hall–Kier alpha value is -2.80. The molecule has 25 heavy (non-hydrogen) atoms. The monoisotopic (exact) mass is 358 g/mol. The second-order valence-corrected chi connectivity index (χ2v) is 7.30. The Kier molecular flexibility index (Phi) is 4.50. The number of aromatic nitrogens is 2. The van der Waals surface area contributed by atoms with Crippen LogP contribution >= 0.6 is 0 Å². The van der Waals surface area contributed by atoms with Crippen LogP contribution in [0.2, 0.25) is 0 Å². The lowest BCUT2D eigenvalue weighted by atomic mass is 10.2. The smallest absolute Gasteiger partial charge is 0.269 e. The highest BCUT2D eigenvalue weighted by molar-refractivity contribution is 7.90. The third-order valence-corrected chi connectivity index (χ3v) is 5.38. The van der Waals surface area contributed by atoms with E-state index in [1.54, 1.807) is 43.3 Å². The van der Waals surface area contributed by atoms with Crippen LogP contribution in [0.3, 0.4) is 0 Å². The zero-order valence-electron chi connectivity index (χ0n) is 13.9. The van der Waals surface area contributed by atoms with Gasteiger partial charge in [0.05, 0.1) is 11.5 Å². The van der Waals surface area contributed by atoms with Gasteiger partial charge in [-0.1, -0.05) is 17.7 Å². The molecule has 0 spiro atoms. The minimum atomic E-state index is -3.78. The van der Waals surface area contributed by atoms with Crippen molar-refractivity contribution in [3.05, 3.63) is 60.4 Å². The maximum Gasteiger partial charge on any atom is 0.269 e. The van der Waals surface area contributed by atoms with E-state index in [1.807, 2.05) is 6.92 Å². The van der Waals surface area contributed by atoms with Gasteiger partial charge in [0.15, 0.2) is 17.3 Å². The van der Waals surface area contributed by atoms with Crippen molar-refractivity contribution < 1.29 is 18.3 Å². The molecule has 0 saturated carbocycles. The van der Waals surface area contributed by atoms with Gasteiger partial charge in [-0.2, -0.15) is 0 Å². The highest BCUT2D eigenvalue weighted by Gasteiger charge is 2.21. The predicted molar refractivity (Wildman–Crippen MR) is 94.3 cm³/mol. The van der Waals surface area contributed by atoms with Gasteiger partial charge in [-0.3, -0.25) is 0 Å². The van der Waals surface area contributed by atoms with E-state index in [4.69, 9.17) is 4.74 Å². The molecule has 130 valence electrons. The van der Waals surface area contributed by atoms with Crippen molar-refractivity contribution in [2.24, 2.45) is 0 Å². The summed E-state index contributed by atoms with van der Waals surface area (Å²) in [5.74, 6) is 0.522. The van der Waals surface area contributed by atoms with E-state index < -0.39 is 10.0 Å². The highest BCUT2D eigenvalue weighted by Crippen LogP contribution is 2.32. The second-order valence-electron chi connectivity index (χ2n) is 5.48. The number of hydrogen-bond acceptors (Lipinski definition) is 5. The SMILES string of the molecule is CCOc1cc(-c2nccn2S(=O)(=O)c2ccc(C)cc2)ccc1O. The van der Waals surface area contributed by atoms with Gasteiger partial charge in [-0.15, -0.1) is 0 Å². The van der Waals surface area contributed by atoms with Gasteiger partial charge in [-0.05, 0) is 44.2 Å². The Bertz CT molecular complexity index is 992. The van der Waals surface area contributed by atoms with E-state index in [9.17, 15) is 13.5 Å². The standard InChI is InChI=1S/C18H18N2O4S/c1-3-24-17-12-14(6-9-16(17)21)18-19-10-11-20(18)25(22,23)15-7-4-13(2)5-8-15/h4-12,21H,3H2,1-2H3. The number of rotatable bonds is 5. The number of nitrogens with zero attached hydrogens (tertiary/aromatic N) is 2. The van der Waals surface area contributed by atoms with Gasteiger partial charge < -0.3 is 9.84 Å². The van der Waals surface area contributed by atoms with Gasteiger partial charge in [0.25, 0.3) is 10.0 Å². The van der Waals surface area contributed by atoms with Gasteiger partial charge in [0, 0.05) is 18.0 Å². The number of phenolic OH excluding ortho intramolecular Hbond substituents is 1. The third-order valence-electron chi connectivity index (χ3n) is 3.70. The first-order chi connectivity index (χ1) is 11.9. The first kappa shape index (κ1) is 17.0. The van der Waals surface area contributed by atoms with Gasteiger partial charge >= 0.3 is 0 Å². The fourth-order valence-electron chi connectivity index (χ4n) is 2.44. The Morgan fingerprint density at radius 1 is 1.16 bits per heavy atom. The lowest BCUT2D eigenvalue weighted by Crippen LogP contribution is -2.13. The summed E-state index contributed by atoms with van der Waals surface area (Å²) in [4.78, 5) is 4.35. The van der Waals surface area contributed by atoms with Crippen LogP contribution in [0, 0.1) is 6.92 Å². The molecule has 0 radical (unpaired) electrons. The number of aromatic hydroxyl groups is 1. The first-order valence-corrected chi connectivity index (χ1v) is 9.19. The van der Waals surface area contributed by atoms with Crippen molar-refractivity contribution in [2.75, 3.05) is 6.61 Å². The number of ether oxygens (including phenoxy) is 1. The molecule has 7 heteroatoms. The average Bonchev–Trinajstić information content (AvgIpc) is 3.08. The molecule has 0 atom stereocenters. The highest BCUT2D eigenvalue weighted by atomic mass is 32.2. The molecule has 3 aromatic rings. The molecule has 0 saturated heterocycles. The van der Waals surface area contributed by atoms with Crippen LogP contribution in [0.1, 0.15) is 12.5 Å². The maximum absolute atomic E-state index is 12.9. The summed E-state index contributed by atoms with van der Waals surface area (Å²) >= 11 is 0. The molecular weight excluding hydrogens is 340 g/mol. The molecule has 0 unspecified atom stereocenters. The van der Waals surface area contributed by atoms with Crippen molar-refractivity contribution in [1.82, 2.24) is 8.96 Å². The van der Waals surface area contributed by atoms with E-state index in [0.717, 1.165) is 9.54 Å². The minimum absolute atomic E-state index is 0.00917. The Morgan fingerprint density at radius 2 is 1.88 bits per heavy atom. The van der Waals surface area contributed by atoms with Gasteiger partial charge in [0.2, 0.25) is 0 Å². The minimum Gasteiger partial charge on any atom is -0.504 e. The second kappa shape index (κ2) is 6.60. The number of benzene rings is 2. The van der Waals surface area contributed by atoms with Crippen LogP contribution < -0.4 is 4.74 Å². The Balaban J connectivity index is 2.09. The first-order valence-electron chi connectivity index (χ1n) is 7.75. The summed E-state index contributed by atoms with van der Waals surface area (Å²) in [6.45, 7) is 4.08. The summed E-state index contributed by atoms with van der Waals surface area (Å²) < 4.78 is 32.3. The summed E-state index contributed by atoms with van der Waals surface area (Å²) in [7, 11) is -3.78. The molecule has 0 fully saturated rings. The van der Waals surface area contributed by atoms with Crippen molar-refractivity contribution in [3.63, 3.8) is 0 Å². The van der Waals surface area contributed by atoms with Crippen molar-refractivity contribution in [1.29, 1.82) is 0 Å². The third kappa shape index (κ3) is 3.23. The molecule has 1 aromatic heterocycles. The van der Waals surface area contributed by atoms with Gasteiger partial charge in [-0.25, -0.2) is 17.4 Å². The normalized spacial score (nSPS) is 11.4. The van der Waals surface area contributed by atoms with Crippen molar-refractivity contribution in [2.45, 2.75) is 18.7 Å². The van der Waals surface area contributed by atoms with E-state index in [1.165, 1.54) is 18.5 Å². The predicted octanol–water partition coefficient (Wildman–Crippen LogP) is 3.20. The summed E-state index contributed by atoms with van der Waals surface area (Å²) in [6, 6.07) is 11.3. The molecular formula is C18H18N2O4S. The Morgan fingerprint density at radius 3 is 2.56 bits per heavy atom. The topological polar surface area (TPSA) is 81.4 Å². The molecule has 0 aliphatic carbocycles. The quantitative estimate of drug-likeness (QED) is 0.757. The average molecular weight is 358 g/mol. The number of imidazole rings is 1. The number of aryl methyl sites for hydroxylation is 1. The zero-order chi connectivity index (χ0) is 18.0. The molecule has 0 aliphatic heterocycles. The molecule has 1 N–H and O–H groups in total. The number of hydrogen-bond donors (Lipinski definition) is 1. The maximum atomic E-state index is 12.9.